The van der Waals surface area contributed by atoms with Crippen molar-refractivity contribution in [3.05, 3.63) is 20.7 Å². The molecule has 1 amide bonds. The van der Waals surface area contributed by atoms with Gasteiger partial charge in [0.25, 0.3) is 0 Å². The molecule has 19 heavy (non-hydrogen) atoms. The molecular formula is C13H22N2O3S. The fourth-order valence-corrected chi connectivity index (χ4v) is 2.34. The van der Waals surface area contributed by atoms with Gasteiger partial charge in [-0.2, -0.15) is 0 Å². The number of rotatable bonds is 7. The van der Waals surface area contributed by atoms with Crippen LogP contribution in [0.4, 0.5) is 0 Å². The lowest BCUT2D eigenvalue weighted by Gasteiger charge is -2.21. The van der Waals surface area contributed by atoms with E-state index in [2.05, 4.69) is 5.32 Å². The lowest BCUT2D eigenvalue weighted by molar-refractivity contribution is -0.122. The Hall–Kier alpha value is -1.14. The Kier molecular flexibility index (Phi) is 5.75. The molecule has 0 aliphatic rings. The third-order valence-corrected chi connectivity index (χ3v) is 4.07. The van der Waals surface area contributed by atoms with Gasteiger partial charge < -0.3 is 15.0 Å². The zero-order valence-electron chi connectivity index (χ0n) is 11.7. The summed E-state index contributed by atoms with van der Waals surface area (Å²) in [4.78, 5) is 23.1. The molecule has 108 valence electrons. The van der Waals surface area contributed by atoms with E-state index >= 15 is 0 Å². The van der Waals surface area contributed by atoms with E-state index in [4.69, 9.17) is 0 Å². The normalized spacial score (nSPS) is 14.1. The second kappa shape index (κ2) is 6.86. The second-order valence-electron chi connectivity index (χ2n) is 5.03. The highest BCUT2D eigenvalue weighted by Gasteiger charge is 2.18. The maximum absolute atomic E-state index is 11.6. The van der Waals surface area contributed by atoms with E-state index in [1.165, 1.54) is 11.3 Å². The number of aliphatic hydroxyl groups is 1. The highest BCUT2D eigenvalue weighted by Crippen LogP contribution is 2.06. The highest BCUT2D eigenvalue weighted by atomic mass is 32.1. The maximum atomic E-state index is 11.6. The minimum atomic E-state index is -0.851. The monoisotopic (exact) mass is 286 g/mol. The summed E-state index contributed by atoms with van der Waals surface area (Å²) in [5.74, 6) is -0.0883. The van der Waals surface area contributed by atoms with Crippen molar-refractivity contribution in [2.75, 3.05) is 6.54 Å². The molecule has 1 rings (SSSR count). The Morgan fingerprint density at radius 2 is 2.26 bits per heavy atom. The molecule has 0 aromatic carbocycles. The first-order valence-electron chi connectivity index (χ1n) is 6.50. The van der Waals surface area contributed by atoms with Crippen LogP contribution in [-0.4, -0.2) is 27.7 Å². The lowest BCUT2D eigenvalue weighted by Crippen LogP contribution is -2.40. The van der Waals surface area contributed by atoms with E-state index in [0.717, 1.165) is 5.69 Å². The summed E-state index contributed by atoms with van der Waals surface area (Å²) in [7, 11) is 0. The first-order valence-corrected chi connectivity index (χ1v) is 7.37. The van der Waals surface area contributed by atoms with Gasteiger partial charge in [0.05, 0.1) is 5.60 Å². The van der Waals surface area contributed by atoms with Crippen molar-refractivity contribution in [2.45, 2.75) is 52.2 Å². The summed E-state index contributed by atoms with van der Waals surface area (Å²) in [5.41, 5.74) is 0.0839. The predicted molar refractivity (Wildman–Crippen MR) is 76.5 cm³/mol. The molecule has 0 bridgehead atoms. The first kappa shape index (κ1) is 15.9. The van der Waals surface area contributed by atoms with Crippen LogP contribution >= 0.6 is 11.3 Å². The average molecular weight is 286 g/mol. The van der Waals surface area contributed by atoms with Gasteiger partial charge in [-0.3, -0.25) is 9.59 Å². The van der Waals surface area contributed by atoms with Crippen molar-refractivity contribution in [1.82, 2.24) is 9.88 Å². The van der Waals surface area contributed by atoms with E-state index in [1.807, 2.05) is 19.2 Å². The van der Waals surface area contributed by atoms with E-state index in [9.17, 15) is 14.7 Å². The second-order valence-corrected chi connectivity index (χ2v) is 5.85. The molecule has 0 aliphatic heterocycles. The van der Waals surface area contributed by atoms with Crippen molar-refractivity contribution >= 4 is 17.2 Å². The molecule has 1 aromatic rings. The average Bonchev–Trinajstić information content (AvgIpc) is 2.68. The summed E-state index contributed by atoms with van der Waals surface area (Å²) in [5, 5.41) is 14.3. The van der Waals surface area contributed by atoms with Crippen molar-refractivity contribution in [2.24, 2.45) is 0 Å². The third-order valence-electron chi connectivity index (χ3n) is 3.19. The predicted octanol–water partition coefficient (Wildman–Crippen LogP) is 1.28. The van der Waals surface area contributed by atoms with Gasteiger partial charge in [-0.15, -0.1) is 0 Å². The molecule has 5 nitrogen and oxygen atoms in total. The Bertz CT molecular complexity index is 476. The van der Waals surface area contributed by atoms with Gasteiger partial charge in [-0.25, -0.2) is 0 Å². The van der Waals surface area contributed by atoms with Crippen LogP contribution in [0.3, 0.4) is 0 Å². The van der Waals surface area contributed by atoms with Gasteiger partial charge in [-0.05, 0) is 26.7 Å². The number of aryl methyl sites for hydroxylation is 1. The van der Waals surface area contributed by atoms with E-state index in [1.54, 1.807) is 11.5 Å². The molecule has 1 unspecified atom stereocenters. The molecule has 0 spiro atoms. The number of thiazole rings is 1. The third kappa shape index (κ3) is 5.16. The summed E-state index contributed by atoms with van der Waals surface area (Å²) in [6.45, 7) is 6.28. The zero-order chi connectivity index (χ0) is 14.5. The van der Waals surface area contributed by atoms with Gasteiger partial charge in [0.1, 0.15) is 0 Å². The van der Waals surface area contributed by atoms with Gasteiger partial charge in [0.2, 0.25) is 5.91 Å². The molecule has 0 fully saturated rings. The van der Waals surface area contributed by atoms with Crippen molar-refractivity contribution in [3.8, 4) is 0 Å². The van der Waals surface area contributed by atoms with Crippen LogP contribution < -0.4 is 10.2 Å². The molecule has 1 heterocycles. The number of amides is 1. The Labute approximate surface area is 117 Å². The highest BCUT2D eigenvalue weighted by molar-refractivity contribution is 7.07. The van der Waals surface area contributed by atoms with Gasteiger partial charge in [-0.1, -0.05) is 18.3 Å². The minimum Gasteiger partial charge on any atom is -0.388 e. The van der Waals surface area contributed by atoms with Crippen LogP contribution in [0.1, 0.15) is 38.8 Å². The maximum Gasteiger partial charge on any atom is 0.307 e. The number of carbonyl (C=O) groups excluding carboxylic acids is 1. The molecule has 0 saturated carbocycles. The summed E-state index contributed by atoms with van der Waals surface area (Å²) < 4.78 is 1.68. The van der Waals surface area contributed by atoms with Crippen LogP contribution in [0.5, 0.6) is 0 Å². The molecule has 1 aromatic heterocycles. The molecule has 1 atom stereocenters. The number of hydrogen-bond donors (Lipinski definition) is 2. The Morgan fingerprint density at radius 3 is 2.79 bits per heavy atom. The van der Waals surface area contributed by atoms with Crippen molar-refractivity contribution < 1.29 is 9.90 Å². The van der Waals surface area contributed by atoms with Crippen LogP contribution in [0.15, 0.2) is 10.2 Å². The summed E-state index contributed by atoms with van der Waals surface area (Å²) >= 11 is 1.18. The van der Waals surface area contributed by atoms with Gasteiger partial charge in [0, 0.05) is 30.6 Å². The van der Waals surface area contributed by atoms with Crippen LogP contribution in [0.2, 0.25) is 0 Å². The van der Waals surface area contributed by atoms with Crippen LogP contribution in [0.25, 0.3) is 0 Å². The Morgan fingerprint density at radius 1 is 1.58 bits per heavy atom. The summed E-state index contributed by atoms with van der Waals surface area (Å²) in [6, 6.07) is 0. The van der Waals surface area contributed by atoms with E-state index in [-0.39, 0.29) is 17.3 Å². The van der Waals surface area contributed by atoms with Crippen LogP contribution in [0, 0.1) is 6.92 Å². The topological polar surface area (TPSA) is 71.3 Å². The molecule has 0 saturated heterocycles. The summed E-state index contributed by atoms with van der Waals surface area (Å²) in [6.07, 6.45) is 1.58. The smallest absolute Gasteiger partial charge is 0.307 e. The number of aromatic nitrogens is 1. The quantitative estimate of drug-likeness (QED) is 0.793. The first-order chi connectivity index (χ1) is 8.85. The number of hydrogen-bond acceptors (Lipinski definition) is 4. The van der Waals surface area contributed by atoms with Crippen molar-refractivity contribution in [3.63, 3.8) is 0 Å². The Balaban J connectivity index is 2.30. The number of carbonyl (C=O) groups is 1. The van der Waals surface area contributed by atoms with E-state index < -0.39 is 5.60 Å². The zero-order valence-corrected chi connectivity index (χ0v) is 12.5. The lowest BCUT2D eigenvalue weighted by atomic mass is 10.0. The molecule has 2 N–H and O–H groups in total. The van der Waals surface area contributed by atoms with Crippen LogP contribution in [-0.2, 0) is 11.3 Å². The fourth-order valence-electron chi connectivity index (χ4n) is 1.57. The number of nitrogens with one attached hydrogen (secondary N) is 1. The standard InChI is InChI=1S/C13H22N2O3S/c1-4-13(3,18)9-14-11(16)6-5-7-15-10(2)8-19-12(15)17/h8,18H,4-7,9H2,1-3H3,(H,14,16). The fraction of sp³-hybridized carbons (Fsp3) is 0.692. The molecule has 6 heteroatoms. The van der Waals surface area contributed by atoms with Crippen molar-refractivity contribution in [1.29, 1.82) is 0 Å². The molecule has 0 radical (unpaired) electrons. The molecular weight excluding hydrogens is 264 g/mol. The van der Waals surface area contributed by atoms with Gasteiger partial charge in [0.15, 0.2) is 0 Å². The number of nitrogens with zero attached hydrogens (tertiary/aromatic N) is 1. The SMILES string of the molecule is CCC(C)(O)CNC(=O)CCCn1c(C)csc1=O. The van der Waals surface area contributed by atoms with Gasteiger partial charge >= 0.3 is 4.87 Å². The van der Waals surface area contributed by atoms with E-state index in [0.29, 0.717) is 25.8 Å². The largest absolute Gasteiger partial charge is 0.388 e. The minimum absolute atomic E-state index is 0.0202. The molecule has 0 aliphatic carbocycles.